The Morgan fingerprint density at radius 2 is 1.88 bits per heavy atom. The Morgan fingerprint density at radius 1 is 1.16 bits per heavy atom. The number of hydrogen-bond donors (Lipinski definition) is 2. The number of piperidine rings is 1. The van der Waals surface area contributed by atoms with Gasteiger partial charge in [-0.05, 0) is 31.2 Å². The molecule has 0 saturated carbocycles. The van der Waals surface area contributed by atoms with E-state index in [4.69, 9.17) is 10.5 Å². The molecular weight excluding hydrogens is 318 g/mol. The van der Waals surface area contributed by atoms with Crippen molar-refractivity contribution < 1.29 is 14.3 Å². The Bertz CT molecular complexity index is 585. The number of benzene rings is 1. The monoisotopic (exact) mass is 345 g/mol. The maximum atomic E-state index is 12.4. The molecule has 2 aliphatic rings. The summed E-state index contributed by atoms with van der Waals surface area (Å²) in [4.78, 5) is 25.4. The highest BCUT2D eigenvalue weighted by atomic mass is 16.5. The fraction of sp³-hybridized carbons (Fsp3) is 0.579. The summed E-state index contributed by atoms with van der Waals surface area (Å²) >= 11 is 0. The molecule has 0 aromatic heterocycles. The summed E-state index contributed by atoms with van der Waals surface area (Å²) in [5.41, 5.74) is 6.51. The van der Waals surface area contributed by atoms with E-state index in [-0.39, 0.29) is 29.9 Å². The summed E-state index contributed by atoms with van der Waals surface area (Å²) in [6.45, 7) is 2.55. The highest BCUT2D eigenvalue weighted by molar-refractivity contribution is 5.78. The lowest BCUT2D eigenvalue weighted by Crippen LogP contribution is -2.47. The van der Waals surface area contributed by atoms with Crippen LogP contribution in [0.2, 0.25) is 0 Å². The molecule has 2 saturated heterocycles. The molecule has 3 amide bonds. The number of likely N-dealkylation sites (tertiary alicyclic amines) is 1. The van der Waals surface area contributed by atoms with Gasteiger partial charge in [0.1, 0.15) is 0 Å². The van der Waals surface area contributed by atoms with Gasteiger partial charge >= 0.3 is 6.03 Å². The van der Waals surface area contributed by atoms with Crippen LogP contribution in [-0.4, -0.2) is 43.1 Å². The maximum absolute atomic E-state index is 12.4. The fourth-order valence-corrected chi connectivity index (χ4v) is 3.76. The van der Waals surface area contributed by atoms with Gasteiger partial charge < -0.3 is 20.7 Å². The zero-order chi connectivity index (χ0) is 17.6. The van der Waals surface area contributed by atoms with Crippen LogP contribution in [-0.2, 0) is 9.53 Å². The number of carbonyl (C=O) groups excluding carboxylic acids is 2. The van der Waals surface area contributed by atoms with E-state index in [1.807, 2.05) is 18.2 Å². The number of carbonyl (C=O) groups is 2. The second-order valence-corrected chi connectivity index (χ2v) is 6.95. The molecule has 25 heavy (non-hydrogen) atoms. The van der Waals surface area contributed by atoms with E-state index in [2.05, 4.69) is 17.4 Å². The van der Waals surface area contributed by atoms with Crippen molar-refractivity contribution in [1.29, 1.82) is 0 Å². The third kappa shape index (κ3) is 4.51. The Balaban J connectivity index is 1.51. The van der Waals surface area contributed by atoms with Crippen LogP contribution < -0.4 is 11.1 Å². The van der Waals surface area contributed by atoms with Crippen LogP contribution in [0.15, 0.2) is 30.3 Å². The van der Waals surface area contributed by atoms with Crippen molar-refractivity contribution >= 4 is 11.9 Å². The molecular formula is C19H27N3O3. The van der Waals surface area contributed by atoms with Gasteiger partial charge in [-0.15, -0.1) is 0 Å². The summed E-state index contributed by atoms with van der Waals surface area (Å²) in [6, 6.07) is 10.1. The van der Waals surface area contributed by atoms with Crippen molar-refractivity contribution in [2.45, 2.75) is 31.8 Å². The zero-order valence-electron chi connectivity index (χ0n) is 14.5. The Morgan fingerprint density at radius 3 is 2.56 bits per heavy atom. The van der Waals surface area contributed by atoms with E-state index >= 15 is 0 Å². The number of amides is 3. The van der Waals surface area contributed by atoms with Crippen LogP contribution in [0.25, 0.3) is 0 Å². The quantitative estimate of drug-likeness (QED) is 0.876. The van der Waals surface area contributed by atoms with Crippen LogP contribution >= 0.6 is 0 Å². The summed E-state index contributed by atoms with van der Waals surface area (Å²) in [6.07, 6.45) is 3.41. The number of ether oxygens (including phenoxy) is 1. The first-order chi connectivity index (χ1) is 12.1. The number of nitrogens with zero attached hydrogens (tertiary/aromatic N) is 1. The van der Waals surface area contributed by atoms with Gasteiger partial charge in [-0.1, -0.05) is 30.3 Å². The first-order valence-electron chi connectivity index (χ1n) is 9.14. The van der Waals surface area contributed by atoms with E-state index in [0.717, 1.165) is 19.4 Å². The number of urea groups is 1. The molecule has 2 aliphatic heterocycles. The summed E-state index contributed by atoms with van der Waals surface area (Å²) in [5, 5.41) is 3.06. The maximum Gasteiger partial charge on any atom is 0.317 e. The van der Waals surface area contributed by atoms with Gasteiger partial charge in [0.15, 0.2) is 0 Å². The molecule has 6 nitrogen and oxygen atoms in total. The first-order valence-corrected chi connectivity index (χ1v) is 9.14. The third-order valence-electron chi connectivity index (χ3n) is 5.27. The van der Waals surface area contributed by atoms with E-state index in [9.17, 15) is 9.59 Å². The van der Waals surface area contributed by atoms with Crippen molar-refractivity contribution in [2.75, 3.05) is 26.2 Å². The van der Waals surface area contributed by atoms with Gasteiger partial charge in [0.05, 0.1) is 6.10 Å². The smallest absolute Gasteiger partial charge is 0.317 e. The predicted molar refractivity (Wildman–Crippen MR) is 94.7 cm³/mol. The lowest BCUT2D eigenvalue weighted by Gasteiger charge is -2.34. The molecule has 0 spiro atoms. The highest BCUT2D eigenvalue weighted by Crippen LogP contribution is 2.33. The van der Waals surface area contributed by atoms with Gasteiger partial charge in [-0.3, -0.25) is 4.79 Å². The largest absolute Gasteiger partial charge is 0.373 e. The van der Waals surface area contributed by atoms with Crippen LogP contribution in [0.1, 0.15) is 37.4 Å². The fourth-order valence-electron chi connectivity index (χ4n) is 3.76. The molecule has 0 bridgehead atoms. The molecule has 0 unspecified atom stereocenters. The minimum absolute atomic E-state index is 0.0378. The van der Waals surface area contributed by atoms with Crippen LogP contribution in [0.3, 0.4) is 0 Å². The van der Waals surface area contributed by atoms with E-state index in [1.54, 1.807) is 4.90 Å². The molecule has 3 rings (SSSR count). The Labute approximate surface area is 148 Å². The number of primary amides is 1. The first kappa shape index (κ1) is 17.7. The van der Waals surface area contributed by atoms with Gasteiger partial charge in [0, 0.05) is 38.1 Å². The van der Waals surface area contributed by atoms with Crippen molar-refractivity contribution in [1.82, 2.24) is 10.2 Å². The van der Waals surface area contributed by atoms with Crippen molar-refractivity contribution in [3.63, 3.8) is 0 Å². The van der Waals surface area contributed by atoms with Crippen LogP contribution in [0.5, 0.6) is 0 Å². The number of rotatable bonds is 4. The summed E-state index contributed by atoms with van der Waals surface area (Å²) < 4.78 is 5.98. The minimum Gasteiger partial charge on any atom is -0.373 e. The van der Waals surface area contributed by atoms with Crippen molar-refractivity contribution in [3.05, 3.63) is 35.9 Å². The van der Waals surface area contributed by atoms with Gasteiger partial charge in [0.25, 0.3) is 0 Å². The molecule has 2 fully saturated rings. The lowest BCUT2D eigenvalue weighted by atomic mass is 9.89. The number of hydrogen-bond acceptors (Lipinski definition) is 3. The Kier molecular flexibility index (Phi) is 5.91. The molecule has 3 N–H and O–H groups in total. The topological polar surface area (TPSA) is 84.7 Å². The summed E-state index contributed by atoms with van der Waals surface area (Å²) in [7, 11) is 0. The zero-order valence-corrected chi connectivity index (χ0v) is 14.5. The van der Waals surface area contributed by atoms with Gasteiger partial charge in [0.2, 0.25) is 5.91 Å². The minimum atomic E-state index is -0.259. The average molecular weight is 345 g/mol. The molecule has 1 aromatic rings. The van der Waals surface area contributed by atoms with E-state index in [0.29, 0.717) is 32.5 Å². The standard InChI is InChI=1S/C19H27N3O3/c20-18(23)15-8-10-22(11-9-15)19(24)21-13-16-7-4-12-25-17(16)14-5-2-1-3-6-14/h1-3,5-6,15-17H,4,7-13H2,(H2,20,23)(H,21,24)/t16-,17-/m1/s1. The van der Waals surface area contributed by atoms with E-state index in [1.165, 1.54) is 5.56 Å². The van der Waals surface area contributed by atoms with E-state index < -0.39 is 0 Å². The van der Waals surface area contributed by atoms with Crippen molar-refractivity contribution in [2.24, 2.45) is 17.6 Å². The molecule has 2 heterocycles. The predicted octanol–water partition coefficient (Wildman–Crippen LogP) is 2.06. The molecule has 2 atom stereocenters. The molecule has 6 heteroatoms. The lowest BCUT2D eigenvalue weighted by molar-refractivity contribution is -0.123. The number of nitrogens with one attached hydrogen (secondary N) is 1. The van der Waals surface area contributed by atoms with Gasteiger partial charge in [-0.25, -0.2) is 4.79 Å². The normalized spacial score (nSPS) is 24.7. The molecule has 136 valence electrons. The third-order valence-corrected chi connectivity index (χ3v) is 5.27. The number of nitrogens with two attached hydrogens (primary N) is 1. The van der Waals surface area contributed by atoms with Gasteiger partial charge in [-0.2, -0.15) is 0 Å². The highest BCUT2D eigenvalue weighted by Gasteiger charge is 2.29. The second-order valence-electron chi connectivity index (χ2n) is 6.95. The van der Waals surface area contributed by atoms with Crippen LogP contribution in [0.4, 0.5) is 4.79 Å². The molecule has 1 aromatic carbocycles. The van der Waals surface area contributed by atoms with Crippen LogP contribution in [0, 0.1) is 11.8 Å². The van der Waals surface area contributed by atoms with Crippen molar-refractivity contribution in [3.8, 4) is 0 Å². The SMILES string of the molecule is NC(=O)C1CCN(C(=O)NC[C@H]2CCCO[C@@H]2c2ccccc2)CC1. The molecule has 0 aliphatic carbocycles. The summed E-state index contributed by atoms with van der Waals surface area (Å²) in [5.74, 6) is -0.0772. The average Bonchev–Trinajstić information content (AvgIpc) is 2.67. The second kappa shape index (κ2) is 8.34. The molecule has 0 radical (unpaired) electrons. The Hall–Kier alpha value is -2.08.